The Morgan fingerprint density at radius 3 is 2.96 bits per heavy atom. The lowest BCUT2D eigenvalue weighted by Gasteiger charge is -2.06. The number of fused-ring (bicyclic) bond motifs is 2. The molecule has 4 rings (SSSR count). The number of amides is 1. The number of hydrogen-bond acceptors (Lipinski definition) is 2. The van der Waals surface area contributed by atoms with Crippen molar-refractivity contribution in [1.82, 2.24) is 20.3 Å². The summed E-state index contributed by atoms with van der Waals surface area (Å²) in [6.45, 7) is 2.52. The van der Waals surface area contributed by atoms with Gasteiger partial charge in [0.1, 0.15) is 0 Å². The molecule has 2 heterocycles. The van der Waals surface area contributed by atoms with Gasteiger partial charge in [0.15, 0.2) is 0 Å². The van der Waals surface area contributed by atoms with E-state index < -0.39 is 0 Å². The van der Waals surface area contributed by atoms with Crippen molar-refractivity contribution >= 4 is 27.8 Å². The molecule has 1 amide bonds. The number of aromatic amines is 2. The third-order valence-corrected chi connectivity index (χ3v) is 4.14. The lowest BCUT2D eigenvalue weighted by atomic mass is 10.1. The summed E-state index contributed by atoms with van der Waals surface area (Å²) in [5.41, 5.74) is 5.63. The molecule has 0 saturated carbocycles. The van der Waals surface area contributed by atoms with E-state index in [0.29, 0.717) is 12.1 Å². The molecule has 0 radical (unpaired) electrons. The van der Waals surface area contributed by atoms with E-state index in [-0.39, 0.29) is 5.91 Å². The second-order valence-electron chi connectivity index (χ2n) is 5.59. The van der Waals surface area contributed by atoms with Gasteiger partial charge in [0.25, 0.3) is 5.91 Å². The van der Waals surface area contributed by atoms with Gasteiger partial charge in [-0.2, -0.15) is 0 Å². The van der Waals surface area contributed by atoms with E-state index in [1.165, 1.54) is 0 Å². The first-order chi connectivity index (χ1) is 11.2. The number of para-hydroxylation sites is 1. The monoisotopic (exact) mass is 304 g/mol. The molecular weight excluding hydrogens is 288 g/mol. The average molecular weight is 304 g/mol. The van der Waals surface area contributed by atoms with Crippen molar-refractivity contribution in [2.24, 2.45) is 0 Å². The summed E-state index contributed by atoms with van der Waals surface area (Å²) >= 11 is 0. The third-order valence-electron chi connectivity index (χ3n) is 4.14. The Bertz CT molecular complexity index is 1010. The minimum Gasteiger partial charge on any atom is -0.358 e. The molecular formula is C18H16N4O. The van der Waals surface area contributed by atoms with Gasteiger partial charge in [-0.3, -0.25) is 4.79 Å². The predicted octanol–water partition coefficient (Wildman–Crippen LogP) is 3.28. The van der Waals surface area contributed by atoms with Gasteiger partial charge >= 0.3 is 0 Å². The van der Waals surface area contributed by atoms with Gasteiger partial charge in [-0.05, 0) is 36.8 Å². The van der Waals surface area contributed by atoms with E-state index in [1.807, 2.05) is 37.3 Å². The number of aromatic nitrogens is 3. The number of aryl methyl sites for hydroxylation is 1. The van der Waals surface area contributed by atoms with Crippen LogP contribution in [-0.2, 0) is 6.54 Å². The van der Waals surface area contributed by atoms with Crippen LogP contribution in [0.2, 0.25) is 0 Å². The Balaban J connectivity index is 1.57. The third kappa shape index (κ3) is 2.36. The first-order valence-electron chi connectivity index (χ1n) is 7.50. The zero-order valence-electron chi connectivity index (χ0n) is 12.7. The lowest BCUT2D eigenvalue weighted by Crippen LogP contribution is -2.23. The number of rotatable bonds is 3. The van der Waals surface area contributed by atoms with Gasteiger partial charge in [0.05, 0.1) is 17.4 Å². The van der Waals surface area contributed by atoms with E-state index in [9.17, 15) is 4.79 Å². The summed E-state index contributed by atoms with van der Waals surface area (Å²) in [6, 6.07) is 13.6. The molecule has 3 N–H and O–H groups in total. The molecule has 2 aromatic carbocycles. The van der Waals surface area contributed by atoms with Crippen LogP contribution in [-0.4, -0.2) is 20.9 Å². The molecule has 4 aromatic rings. The largest absolute Gasteiger partial charge is 0.358 e. The Morgan fingerprint density at radius 1 is 1.17 bits per heavy atom. The summed E-state index contributed by atoms with van der Waals surface area (Å²) < 4.78 is 0. The van der Waals surface area contributed by atoms with Crippen LogP contribution in [0.5, 0.6) is 0 Å². The molecule has 114 valence electrons. The Hall–Kier alpha value is -3.08. The Morgan fingerprint density at radius 2 is 2.04 bits per heavy atom. The van der Waals surface area contributed by atoms with Crippen molar-refractivity contribution in [3.05, 3.63) is 65.6 Å². The fourth-order valence-electron chi connectivity index (χ4n) is 2.91. The van der Waals surface area contributed by atoms with Crippen LogP contribution in [0.3, 0.4) is 0 Å². The number of nitrogens with one attached hydrogen (secondary N) is 3. The van der Waals surface area contributed by atoms with Crippen LogP contribution in [0.4, 0.5) is 0 Å². The van der Waals surface area contributed by atoms with E-state index in [0.717, 1.165) is 33.2 Å². The number of H-pyrrole nitrogens is 2. The van der Waals surface area contributed by atoms with Crippen LogP contribution < -0.4 is 5.32 Å². The van der Waals surface area contributed by atoms with E-state index in [4.69, 9.17) is 0 Å². The second-order valence-corrected chi connectivity index (χ2v) is 5.59. The summed E-state index contributed by atoms with van der Waals surface area (Å²) in [6.07, 6.45) is 1.63. The molecule has 0 fully saturated rings. The summed E-state index contributed by atoms with van der Waals surface area (Å²) in [5.74, 6) is -0.0915. The maximum atomic E-state index is 12.4. The van der Waals surface area contributed by atoms with Gasteiger partial charge < -0.3 is 15.3 Å². The SMILES string of the molecule is Cc1[nH]c2ccccc2c1CNC(=O)c1ccc2nc[nH]c2c1. The number of carbonyl (C=O) groups is 1. The molecule has 0 saturated heterocycles. The standard InChI is InChI=1S/C18H16N4O/c1-11-14(13-4-2-3-5-15(13)22-11)9-19-18(23)12-6-7-16-17(8-12)21-10-20-16/h2-8,10,22H,9H2,1H3,(H,19,23)(H,20,21). The maximum absolute atomic E-state index is 12.4. The minimum absolute atomic E-state index is 0.0915. The lowest BCUT2D eigenvalue weighted by molar-refractivity contribution is 0.0951. The van der Waals surface area contributed by atoms with Crippen molar-refractivity contribution in [2.45, 2.75) is 13.5 Å². The second kappa shape index (κ2) is 5.28. The van der Waals surface area contributed by atoms with Gasteiger partial charge in [0, 0.05) is 28.7 Å². The van der Waals surface area contributed by atoms with Crippen molar-refractivity contribution in [3.8, 4) is 0 Å². The van der Waals surface area contributed by atoms with Gasteiger partial charge in [-0.25, -0.2) is 4.98 Å². The Labute approximate surface area is 132 Å². The van der Waals surface area contributed by atoms with Crippen molar-refractivity contribution in [3.63, 3.8) is 0 Å². The molecule has 5 heteroatoms. The van der Waals surface area contributed by atoms with Crippen LogP contribution >= 0.6 is 0 Å². The summed E-state index contributed by atoms with van der Waals surface area (Å²) in [5, 5.41) is 4.15. The smallest absolute Gasteiger partial charge is 0.251 e. The first-order valence-corrected chi connectivity index (χ1v) is 7.50. The van der Waals surface area contributed by atoms with Gasteiger partial charge in [0.2, 0.25) is 0 Å². The quantitative estimate of drug-likeness (QED) is 0.543. The molecule has 0 aliphatic carbocycles. The highest BCUT2D eigenvalue weighted by atomic mass is 16.1. The minimum atomic E-state index is -0.0915. The molecule has 0 atom stereocenters. The molecule has 0 spiro atoms. The molecule has 0 bridgehead atoms. The predicted molar refractivity (Wildman–Crippen MR) is 90.3 cm³/mol. The summed E-state index contributed by atoms with van der Waals surface area (Å²) in [4.78, 5) is 22.9. The van der Waals surface area contributed by atoms with Gasteiger partial charge in [-0.1, -0.05) is 18.2 Å². The van der Waals surface area contributed by atoms with Crippen molar-refractivity contribution < 1.29 is 4.79 Å². The first kappa shape index (κ1) is 13.6. The highest BCUT2D eigenvalue weighted by Crippen LogP contribution is 2.21. The number of imidazole rings is 1. The fourth-order valence-corrected chi connectivity index (χ4v) is 2.91. The highest BCUT2D eigenvalue weighted by molar-refractivity contribution is 5.97. The molecule has 5 nitrogen and oxygen atoms in total. The topological polar surface area (TPSA) is 73.6 Å². The van der Waals surface area contributed by atoms with Crippen LogP contribution in [0, 0.1) is 6.92 Å². The molecule has 2 aromatic heterocycles. The number of benzene rings is 2. The van der Waals surface area contributed by atoms with E-state index >= 15 is 0 Å². The van der Waals surface area contributed by atoms with Crippen molar-refractivity contribution in [2.75, 3.05) is 0 Å². The average Bonchev–Trinajstić information content (AvgIpc) is 3.15. The molecule has 0 unspecified atom stereocenters. The highest BCUT2D eigenvalue weighted by Gasteiger charge is 2.11. The van der Waals surface area contributed by atoms with E-state index in [1.54, 1.807) is 12.4 Å². The maximum Gasteiger partial charge on any atom is 0.251 e. The molecule has 23 heavy (non-hydrogen) atoms. The van der Waals surface area contributed by atoms with Crippen LogP contribution in [0.1, 0.15) is 21.6 Å². The number of nitrogens with zero attached hydrogens (tertiary/aromatic N) is 1. The zero-order valence-corrected chi connectivity index (χ0v) is 12.7. The normalized spacial score (nSPS) is 11.2. The van der Waals surface area contributed by atoms with Crippen LogP contribution in [0.15, 0.2) is 48.8 Å². The zero-order chi connectivity index (χ0) is 15.8. The Kier molecular flexibility index (Phi) is 3.12. The van der Waals surface area contributed by atoms with Gasteiger partial charge in [-0.15, -0.1) is 0 Å². The summed E-state index contributed by atoms with van der Waals surface area (Å²) in [7, 11) is 0. The van der Waals surface area contributed by atoms with Crippen molar-refractivity contribution in [1.29, 1.82) is 0 Å². The number of carbonyl (C=O) groups excluding carboxylic acids is 1. The molecule has 0 aliphatic rings. The fraction of sp³-hybridized carbons (Fsp3) is 0.111. The van der Waals surface area contributed by atoms with Crippen LogP contribution in [0.25, 0.3) is 21.9 Å². The molecule has 0 aliphatic heterocycles. The van der Waals surface area contributed by atoms with E-state index in [2.05, 4.69) is 26.3 Å². The number of hydrogen-bond donors (Lipinski definition) is 3.